The highest BCUT2D eigenvalue weighted by Gasteiger charge is 2.58. The SMILES string of the molecule is OCCO[C@@H]1C(CO)O[C@H](O[C@@H]2C(CO)O[C@H](O[C@@H]3C(CO)O[C@H](O[C@@H]4C(CO)O[C@H](O[C@@H]5C(CO)O[C@H](O[C@@H]6C(CO)O[C@H](O[C@@H](CO)C(O)CO)C(O)C6O)C(O)C5O)C(O)C4O)C(O)C3O)C(O)C2O)C(O)C1O. The van der Waals surface area contributed by atoms with Gasteiger partial charge in [0.15, 0.2) is 37.7 Å². The van der Waals surface area contributed by atoms with Gasteiger partial charge < -0.3 is 174 Å². The first-order chi connectivity index (χ1) is 36.7. The summed E-state index contributed by atoms with van der Waals surface area (Å²) < 4.78 is 72.3. The largest absolute Gasteiger partial charge is 0.394 e. The second-order valence-corrected chi connectivity index (χ2v) is 18.9. The number of aliphatic hydroxyl groups excluding tert-OH is 22. The van der Waals surface area contributed by atoms with Gasteiger partial charge in [0, 0.05) is 0 Å². The summed E-state index contributed by atoms with van der Waals surface area (Å²) in [7, 11) is 0. The van der Waals surface area contributed by atoms with Crippen LogP contribution in [0, 0.1) is 0 Å². The fourth-order valence-corrected chi connectivity index (χ4v) is 9.54. The first-order valence-corrected chi connectivity index (χ1v) is 24.5. The fraction of sp³-hybridized carbons (Fsp3) is 1.00. The van der Waals surface area contributed by atoms with Gasteiger partial charge in [0.1, 0.15) is 159 Å². The minimum absolute atomic E-state index is 0.302. The Balaban J connectivity index is 1.05. The van der Waals surface area contributed by atoms with Crippen molar-refractivity contribution in [3.63, 3.8) is 0 Å². The first kappa shape index (κ1) is 64.8. The van der Waals surface area contributed by atoms with Crippen molar-refractivity contribution in [2.24, 2.45) is 0 Å². The summed E-state index contributed by atoms with van der Waals surface area (Å²) >= 11 is 0. The monoisotopic (exact) mass is 1140 g/mol. The summed E-state index contributed by atoms with van der Waals surface area (Å²) in [6, 6.07) is 0. The number of aliphatic hydroxyl groups is 22. The van der Waals surface area contributed by atoms with Gasteiger partial charge in [-0.15, -0.1) is 0 Å². The minimum Gasteiger partial charge on any atom is -0.394 e. The molecule has 32 atom stereocenters. The summed E-state index contributed by atoms with van der Waals surface area (Å²) in [5.74, 6) is 0. The van der Waals surface area contributed by atoms with E-state index in [1.165, 1.54) is 0 Å². The third kappa shape index (κ3) is 14.2. The molecular formula is C42H74O35. The zero-order valence-electron chi connectivity index (χ0n) is 40.7. The first-order valence-electron chi connectivity index (χ1n) is 24.5. The van der Waals surface area contributed by atoms with Crippen LogP contribution in [0.15, 0.2) is 0 Å². The summed E-state index contributed by atoms with van der Waals surface area (Å²) in [6.45, 7) is -8.34. The van der Waals surface area contributed by atoms with Gasteiger partial charge in [-0.2, -0.15) is 0 Å². The fourth-order valence-electron chi connectivity index (χ4n) is 9.54. The maximum absolute atomic E-state index is 11.3. The summed E-state index contributed by atoms with van der Waals surface area (Å²) in [4.78, 5) is 0. The van der Waals surface area contributed by atoms with E-state index in [-0.39, 0.29) is 6.61 Å². The second-order valence-electron chi connectivity index (χ2n) is 18.9. The summed E-state index contributed by atoms with van der Waals surface area (Å²) in [6.07, 6.45) is -60.1. The van der Waals surface area contributed by atoms with Crippen LogP contribution in [0.25, 0.3) is 0 Å². The Morgan fingerprint density at radius 2 is 0.532 bits per heavy atom. The third-order valence-electron chi connectivity index (χ3n) is 13.9. The van der Waals surface area contributed by atoms with Crippen molar-refractivity contribution in [2.45, 2.75) is 196 Å². The van der Waals surface area contributed by atoms with Crippen LogP contribution in [0.3, 0.4) is 0 Å². The smallest absolute Gasteiger partial charge is 0.187 e. The lowest BCUT2D eigenvalue weighted by molar-refractivity contribution is -0.396. The Hall–Kier alpha value is -1.40. The van der Waals surface area contributed by atoms with Crippen molar-refractivity contribution < 1.29 is 174 Å². The zero-order chi connectivity index (χ0) is 56.7. The van der Waals surface area contributed by atoms with E-state index in [1.54, 1.807) is 0 Å². The molecule has 6 fully saturated rings. The molecule has 6 aliphatic rings. The molecule has 0 aromatic rings. The molecule has 6 heterocycles. The molecular weight excluding hydrogens is 1060 g/mol. The van der Waals surface area contributed by atoms with Crippen LogP contribution in [0.4, 0.5) is 0 Å². The predicted molar refractivity (Wildman–Crippen MR) is 233 cm³/mol. The molecule has 35 nitrogen and oxygen atoms in total. The average Bonchev–Trinajstić information content (AvgIpc) is 3.43. The number of hydrogen-bond donors (Lipinski definition) is 22. The van der Waals surface area contributed by atoms with E-state index in [9.17, 15) is 107 Å². The lowest BCUT2D eigenvalue weighted by Gasteiger charge is -2.50. The molecule has 0 aliphatic carbocycles. The van der Waals surface area contributed by atoms with Crippen LogP contribution in [0.2, 0.25) is 0 Å². The summed E-state index contributed by atoms with van der Waals surface area (Å²) in [5, 5.41) is 231. The third-order valence-corrected chi connectivity index (χ3v) is 13.9. The maximum Gasteiger partial charge on any atom is 0.187 e. The lowest BCUT2D eigenvalue weighted by Crippen LogP contribution is -2.68. The van der Waals surface area contributed by atoms with E-state index in [4.69, 9.17) is 66.7 Å². The second kappa shape index (κ2) is 29.2. The number of rotatable bonds is 24. The van der Waals surface area contributed by atoms with Gasteiger partial charge in [0.05, 0.1) is 66.1 Å². The van der Waals surface area contributed by atoms with Gasteiger partial charge in [0.2, 0.25) is 0 Å². The molecule has 6 aliphatic heterocycles. The highest BCUT2D eigenvalue weighted by Crippen LogP contribution is 2.37. The normalized spacial score (nSPS) is 48.9. The molecule has 0 spiro atoms. The molecule has 0 amide bonds. The van der Waals surface area contributed by atoms with Crippen LogP contribution in [-0.4, -0.2) is 375 Å². The molecule has 0 saturated carbocycles. The molecule has 19 unspecified atom stereocenters. The molecule has 452 valence electrons. The Morgan fingerprint density at radius 3 is 0.766 bits per heavy atom. The molecule has 0 aromatic heterocycles. The van der Waals surface area contributed by atoms with Crippen molar-refractivity contribution >= 4 is 0 Å². The van der Waals surface area contributed by atoms with Crippen LogP contribution in [0.5, 0.6) is 0 Å². The van der Waals surface area contributed by atoms with Crippen molar-refractivity contribution in [1.82, 2.24) is 0 Å². The van der Waals surface area contributed by atoms with E-state index in [0.717, 1.165) is 0 Å². The van der Waals surface area contributed by atoms with Crippen LogP contribution in [0.1, 0.15) is 0 Å². The molecule has 77 heavy (non-hydrogen) atoms. The molecule has 0 bridgehead atoms. The van der Waals surface area contributed by atoms with E-state index < -0.39 is 256 Å². The quantitative estimate of drug-likeness (QED) is 0.0427. The van der Waals surface area contributed by atoms with E-state index >= 15 is 0 Å². The van der Waals surface area contributed by atoms with Gasteiger partial charge >= 0.3 is 0 Å². The molecule has 0 aromatic carbocycles. The van der Waals surface area contributed by atoms with Crippen LogP contribution in [-0.2, 0) is 61.6 Å². The Bertz CT molecular complexity index is 1710. The van der Waals surface area contributed by atoms with Crippen molar-refractivity contribution in [1.29, 1.82) is 0 Å². The molecule has 6 saturated heterocycles. The molecule has 22 N–H and O–H groups in total. The van der Waals surface area contributed by atoms with Gasteiger partial charge in [0.25, 0.3) is 0 Å². The minimum atomic E-state index is -2.21. The molecule has 6 rings (SSSR count). The number of ether oxygens (including phenoxy) is 13. The van der Waals surface area contributed by atoms with Crippen molar-refractivity contribution in [2.75, 3.05) is 66.1 Å². The van der Waals surface area contributed by atoms with Crippen molar-refractivity contribution in [3.8, 4) is 0 Å². The standard InChI is InChI=1S/C42H74O35/c43-1-2-65-31-13(5-46)67-38(25(59)19(31)53)73-33-15(7-48)69-40(27(61)21(33)55)75-35-17(9-50)71-42(29(63)23(35)57)77-36-18(10-51)72-41(30(64)24(36)58)76-34-16(8-49)70-39(28(62)22(34)56)74-32-14(6-47)68-37(26(60)20(32)54)66-12(4-45)11(52)3-44/h11-64H,1-10H2/t11?,12-,13?,14?,15?,16?,17?,18?,19?,20?,21?,22?,23?,24?,25?,26?,27?,28?,29?,30?,31+,32+,33+,34+,35+,36+,37-,38+,39+,40+,41+,42+/m0/s1. The van der Waals surface area contributed by atoms with Gasteiger partial charge in [-0.05, 0) is 0 Å². The Labute approximate surface area is 436 Å². The highest BCUT2D eigenvalue weighted by atomic mass is 16.8. The van der Waals surface area contributed by atoms with Gasteiger partial charge in [-0.25, -0.2) is 0 Å². The highest BCUT2D eigenvalue weighted by molar-refractivity contribution is 5.00. The average molecular weight is 1140 g/mol. The topological polar surface area (TPSA) is 565 Å². The number of hydrogen-bond acceptors (Lipinski definition) is 35. The van der Waals surface area contributed by atoms with Crippen LogP contribution < -0.4 is 0 Å². The lowest BCUT2D eigenvalue weighted by atomic mass is 9.95. The Kier molecular flexibility index (Phi) is 24.6. The van der Waals surface area contributed by atoms with E-state index in [1.807, 2.05) is 0 Å². The predicted octanol–water partition coefficient (Wildman–Crippen LogP) is -15.3. The van der Waals surface area contributed by atoms with E-state index in [2.05, 4.69) is 0 Å². The zero-order valence-corrected chi connectivity index (χ0v) is 40.7. The summed E-state index contributed by atoms with van der Waals surface area (Å²) in [5.41, 5.74) is 0. The van der Waals surface area contributed by atoms with Crippen LogP contribution >= 0.6 is 0 Å². The van der Waals surface area contributed by atoms with E-state index in [0.29, 0.717) is 0 Å². The van der Waals surface area contributed by atoms with Crippen molar-refractivity contribution in [3.05, 3.63) is 0 Å². The maximum atomic E-state index is 11.3. The van der Waals surface area contributed by atoms with Gasteiger partial charge in [-0.1, -0.05) is 0 Å². The Morgan fingerprint density at radius 1 is 0.299 bits per heavy atom. The van der Waals surface area contributed by atoms with Gasteiger partial charge in [-0.3, -0.25) is 0 Å². The molecule has 0 radical (unpaired) electrons. The molecule has 35 heteroatoms.